The Morgan fingerprint density at radius 3 is 1.77 bits per heavy atom. The Kier molecular flexibility index (Phi) is 7.26. The summed E-state index contributed by atoms with van der Waals surface area (Å²) < 4.78 is 3.51. The highest BCUT2D eigenvalue weighted by molar-refractivity contribution is 7.97. The van der Waals surface area contributed by atoms with Crippen LogP contribution >= 0.6 is 11.9 Å². The zero-order valence-electron chi connectivity index (χ0n) is 19.4. The minimum Gasteiger partial charge on any atom is -0.257 e. The molecule has 2 aromatic carbocycles. The molecule has 1 N–H and O–H groups in total. The lowest BCUT2D eigenvalue weighted by atomic mass is 9.86. The quantitative estimate of drug-likeness (QED) is 0.362. The van der Waals surface area contributed by atoms with E-state index in [1.54, 1.807) is 11.9 Å². The average Bonchev–Trinajstić information content (AvgIpc) is 2.72. The first-order valence-corrected chi connectivity index (χ1v) is 11.5. The number of hydrogen-bond acceptors (Lipinski definition) is 3. The van der Waals surface area contributed by atoms with E-state index in [1.165, 1.54) is 10.5 Å². The summed E-state index contributed by atoms with van der Waals surface area (Å²) in [6.45, 7) is 14.1. The van der Waals surface area contributed by atoms with E-state index in [1.807, 2.05) is 30.3 Å². The molecule has 1 aromatic heterocycles. The minimum absolute atomic E-state index is 0.0275. The van der Waals surface area contributed by atoms with Crippen molar-refractivity contribution in [3.05, 3.63) is 94.8 Å². The topological polar surface area (TPSA) is 24.9 Å². The van der Waals surface area contributed by atoms with Gasteiger partial charge in [-0.25, -0.2) is 0 Å². The van der Waals surface area contributed by atoms with Crippen LogP contribution < -0.4 is 4.72 Å². The molecule has 0 unspecified atom stereocenters. The van der Waals surface area contributed by atoms with E-state index in [2.05, 4.69) is 94.5 Å². The summed E-state index contributed by atoms with van der Waals surface area (Å²) in [5, 5.41) is 0. The number of pyridine rings is 1. The Labute approximate surface area is 192 Å². The van der Waals surface area contributed by atoms with Crippen molar-refractivity contribution in [3.8, 4) is 11.8 Å². The van der Waals surface area contributed by atoms with Crippen molar-refractivity contribution in [3.63, 3.8) is 0 Å². The van der Waals surface area contributed by atoms with Gasteiger partial charge in [0.15, 0.2) is 0 Å². The lowest BCUT2D eigenvalue weighted by Crippen LogP contribution is -2.21. The first kappa shape index (κ1) is 23.1. The molecule has 0 aliphatic heterocycles. The molecule has 3 rings (SSSR count). The summed E-state index contributed by atoms with van der Waals surface area (Å²) in [4.78, 5) is 6.12. The molecule has 31 heavy (non-hydrogen) atoms. The van der Waals surface area contributed by atoms with Crippen LogP contribution in [0.1, 0.15) is 69.6 Å². The zero-order chi connectivity index (χ0) is 22.5. The van der Waals surface area contributed by atoms with Gasteiger partial charge in [-0.05, 0) is 66.0 Å². The molecule has 3 aromatic rings. The van der Waals surface area contributed by atoms with Crippen molar-refractivity contribution in [2.45, 2.75) is 63.8 Å². The fourth-order valence-corrected chi connectivity index (χ4v) is 3.61. The molecule has 0 spiro atoms. The normalized spacial score (nSPS) is 11.7. The number of hydrogen-bond donors (Lipinski definition) is 1. The fourth-order valence-electron chi connectivity index (χ4n) is 2.93. The van der Waals surface area contributed by atoms with Crippen LogP contribution in [0.2, 0.25) is 0 Å². The molecule has 3 heteroatoms. The molecule has 0 radical (unpaired) electrons. The smallest absolute Gasteiger partial charge is 0.0463 e. The highest BCUT2D eigenvalue weighted by Gasteiger charge is 2.22. The van der Waals surface area contributed by atoms with Crippen LogP contribution in [0.15, 0.2) is 71.6 Å². The SMILES string of the molecule is CC(C)(C)c1cc(CNSc2ccc(C#Cc3ccccc3)cc2)cc(C(C)(C)C)n1. The van der Waals surface area contributed by atoms with Crippen LogP contribution in [0.3, 0.4) is 0 Å². The summed E-state index contributed by atoms with van der Waals surface area (Å²) in [5.74, 6) is 6.43. The van der Waals surface area contributed by atoms with Crippen LogP contribution in [0.4, 0.5) is 0 Å². The number of nitrogens with zero attached hydrogens (tertiary/aromatic N) is 1. The molecule has 160 valence electrons. The van der Waals surface area contributed by atoms with E-state index in [-0.39, 0.29) is 10.8 Å². The van der Waals surface area contributed by atoms with Gasteiger partial charge in [-0.1, -0.05) is 71.6 Å². The van der Waals surface area contributed by atoms with Crippen molar-refractivity contribution in [1.29, 1.82) is 0 Å². The van der Waals surface area contributed by atoms with Crippen LogP contribution in [0, 0.1) is 11.8 Å². The number of aromatic nitrogens is 1. The van der Waals surface area contributed by atoms with Crippen LogP contribution in [0.25, 0.3) is 0 Å². The minimum atomic E-state index is 0.0275. The third-order valence-electron chi connectivity index (χ3n) is 4.87. The van der Waals surface area contributed by atoms with Gasteiger partial charge in [0.1, 0.15) is 0 Å². The van der Waals surface area contributed by atoms with E-state index in [4.69, 9.17) is 4.98 Å². The molecule has 0 amide bonds. The van der Waals surface area contributed by atoms with Crippen molar-refractivity contribution in [2.24, 2.45) is 0 Å². The van der Waals surface area contributed by atoms with Crippen LogP contribution in [-0.4, -0.2) is 4.98 Å². The molecule has 0 aliphatic rings. The first-order chi connectivity index (χ1) is 14.6. The van der Waals surface area contributed by atoms with Gasteiger partial charge >= 0.3 is 0 Å². The molecule has 0 atom stereocenters. The van der Waals surface area contributed by atoms with Crippen molar-refractivity contribution in [1.82, 2.24) is 9.71 Å². The Morgan fingerprint density at radius 2 is 1.26 bits per heavy atom. The standard InChI is InChI=1S/C28H32N2S/c1-27(2,3)25-18-23(19-26(30-25)28(4,5)6)20-29-31-24-16-14-22(15-17-24)13-12-21-10-8-7-9-11-21/h7-11,14-19,29H,20H2,1-6H3. The van der Waals surface area contributed by atoms with Gasteiger partial charge in [0, 0.05) is 44.8 Å². The molecule has 0 saturated heterocycles. The van der Waals surface area contributed by atoms with Gasteiger partial charge in [-0.15, -0.1) is 0 Å². The van der Waals surface area contributed by atoms with Crippen molar-refractivity contribution < 1.29 is 0 Å². The Balaban J connectivity index is 1.64. The van der Waals surface area contributed by atoms with E-state index >= 15 is 0 Å². The van der Waals surface area contributed by atoms with Gasteiger partial charge < -0.3 is 0 Å². The predicted molar refractivity (Wildman–Crippen MR) is 133 cm³/mol. The largest absolute Gasteiger partial charge is 0.257 e. The summed E-state index contributed by atoms with van der Waals surface area (Å²) in [6, 6.07) is 22.9. The van der Waals surface area contributed by atoms with E-state index in [9.17, 15) is 0 Å². The fraction of sp³-hybridized carbons (Fsp3) is 0.321. The number of rotatable bonds is 4. The highest BCUT2D eigenvalue weighted by Crippen LogP contribution is 2.27. The van der Waals surface area contributed by atoms with Gasteiger partial charge in [0.05, 0.1) is 0 Å². The average molecular weight is 429 g/mol. The molecule has 2 nitrogen and oxygen atoms in total. The van der Waals surface area contributed by atoms with Crippen LogP contribution in [-0.2, 0) is 17.4 Å². The predicted octanol–water partition coefficient (Wildman–Crippen LogP) is 6.87. The summed E-state index contributed by atoms with van der Waals surface area (Å²) in [6.07, 6.45) is 0. The van der Waals surface area contributed by atoms with Crippen molar-refractivity contribution in [2.75, 3.05) is 0 Å². The lowest BCUT2D eigenvalue weighted by molar-refractivity contribution is 0.529. The zero-order valence-corrected chi connectivity index (χ0v) is 20.2. The Morgan fingerprint density at radius 1 is 0.742 bits per heavy atom. The summed E-state index contributed by atoms with van der Waals surface area (Å²) in [7, 11) is 0. The molecule has 1 heterocycles. The monoisotopic (exact) mass is 428 g/mol. The number of benzene rings is 2. The molecule has 0 bridgehead atoms. The van der Waals surface area contributed by atoms with Gasteiger partial charge in [0.2, 0.25) is 0 Å². The Hall–Kier alpha value is -2.54. The Bertz CT molecular complexity index is 1030. The lowest BCUT2D eigenvalue weighted by Gasteiger charge is -2.25. The van der Waals surface area contributed by atoms with E-state index in [0.717, 1.165) is 29.1 Å². The van der Waals surface area contributed by atoms with Crippen LogP contribution in [0.5, 0.6) is 0 Å². The second kappa shape index (κ2) is 9.73. The third kappa shape index (κ3) is 6.99. The summed E-state index contributed by atoms with van der Waals surface area (Å²) >= 11 is 1.65. The van der Waals surface area contributed by atoms with E-state index in [0.29, 0.717) is 0 Å². The second-order valence-corrected chi connectivity index (χ2v) is 10.8. The maximum Gasteiger partial charge on any atom is 0.0463 e. The molecule has 0 saturated carbocycles. The van der Waals surface area contributed by atoms with Gasteiger partial charge in [-0.2, -0.15) is 0 Å². The summed E-state index contributed by atoms with van der Waals surface area (Å²) in [5.41, 5.74) is 5.66. The third-order valence-corrected chi connectivity index (χ3v) is 5.66. The molecule has 0 aliphatic carbocycles. The van der Waals surface area contributed by atoms with Gasteiger partial charge in [0.25, 0.3) is 0 Å². The van der Waals surface area contributed by atoms with E-state index < -0.39 is 0 Å². The van der Waals surface area contributed by atoms with Gasteiger partial charge in [-0.3, -0.25) is 9.71 Å². The second-order valence-electron chi connectivity index (χ2n) is 9.81. The highest BCUT2D eigenvalue weighted by atomic mass is 32.2. The maximum absolute atomic E-state index is 4.94. The number of nitrogens with one attached hydrogen (secondary N) is 1. The van der Waals surface area contributed by atoms with Crippen molar-refractivity contribution >= 4 is 11.9 Å². The molecular weight excluding hydrogens is 396 g/mol. The molecule has 0 fully saturated rings. The maximum atomic E-state index is 4.94. The first-order valence-electron chi connectivity index (χ1n) is 10.7. The molecular formula is C28H32N2S.